The normalized spacial score (nSPS) is 10.7. The first-order valence-electron chi connectivity index (χ1n) is 9.64. The molecule has 0 atom stereocenters. The van der Waals surface area contributed by atoms with Crippen LogP contribution >= 0.6 is 0 Å². The summed E-state index contributed by atoms with van der Waals surface area (Å²) in [5.41, 5.74) is 0.824. The van der Waals surface area contributed by atoms with E-state index in [4.69, 9.17) is 4.74 Å². The number of nitro benzene ring substituents is 1. The minimum Gasteiger partial charge on any atom is -0.495 e. The third-order valence-electron chi connectivity index (χ3n) is 4.87. The zero-order valence-corrected chi connectivity index (χ0v) is 17.0. The quantitative estimate of drug-likeness (QED) is 0.369. The van der Waals surface area contributed by atoms with E-state index in [2.05, 4.69) is 10.4 Å². The Morgan fingerprint density at radius 1 is 1.06 bits per heavy atom. The average molecular weight is 430 g/mol. The van der Waals surface area contributed by atoms with E-state index >= 15 is 0 Å². The van der Waals surface area contributed by atoms with Crippen LogP contribution < -0.4 is 15.6 Å². The van der Waals surface area contributed by atoms with Gasteiger partial charge in [-0.1, -0.05) is 36.4 Å². The summed E-state index contributed by atoms with van der Waals surface area (Å²) in [4.78, 5) is 35.3. The Bertz CT molecular complexity index is 1400. The van der Waals surface area contributed by atoms with Gasteiger partial charge in [-0.15, -0.1) is 0 Å². The Morgan fingerprint density at radius 3 is 2.59 bits per heavy atom. The lowest BCUT2D eigenvalue weighted by Crippen LogP contribution is -2.29. The van der Waals surface area contributed by atoms with Crippen LogP contribution in [0.3, 0.4) is 0 Å². The lowest BCUT2D eigenvalue weighted by Gasteiger charge is -2.11. The third kappa shape index (κ3) is 4.31. The molecule has 1 amide bonds. The van der Waals surface area contributed by atoms with Crippen molar-refractivity contribution in [1.82, 2.24) is 9.78 Å². The highest BCUT2D eigenvalue weighted by molar-refractivity contribution is 5.92. The first kappa shape index (κ1) is 20.7. The number of nitrogens with one attached hydrogen (secondary N) is 1. The Balaban J connectivity index is 1.59. The van der Waals surface area contributed by atoms with Crippen LogP contribution in [0.4, 0.5) is 11.4 Å². The SMILES string of the molecule is COc1ccc([N+](=O)[O-])cc1NC(=O)Cn1nc(-c2ccc3ccccc3c2)ccc1=O. The molecule has 4 aromatic rings. The highest BCUT2D eigenvalue weighted by Crippen LogP contribution is 2.29. The maximum Gasteiger partial charge on any atom is 0.271 e. The largest absolute Gasteiger partial charge is 0.495 e. The van der Waals surface area contributed by atoms with Gasteiger partial charge in [0.1, 0.15) is 12.3 Å². The van der Waals surface area contributed by atoms with Gasteiger partial charge in [0.25, 0.3) is 11.2 Å². The van der Waals surface area contributed by atoms with Gasteiger partial charge in [-0.05, 0) is 29.0 Å². The van der Waals surface area contributed by atoms with Gasteiger partial charge in [0.05, 0.1) is 23.4 Å². The number of non-ortho nitro benzene ring substituents is 1. The zero-order valence-electron chi connectivity index (χ0n) is 17.0. The molecule has 0 unspecified atom stereocenters. The molecule has 0 aliphatic heterocycles. The van der Waals surface area contributed by atoms with Gasteiger partial charge in [0, 0.05) is 23.8 Å². The number of carbonyl (C=O) groups is 1. The number of rotatable bonds is 6. The van der Waals surface area contributed by atoms with Crippen molar-refractivity contribution in [2.45, 2.75) is 6.54 Å². The predicted molar refractivity (Wildman–Crippen MR) is 120 cm³/mol. The number of amides is 1. The molecule has 0 radical (unpaired) electrons. The molecule has 1 aromatic heterocycles. The van der Waals surface area contributed by atoms with Gasteiger partial charge in [0.2, 0.25) is 5.91 Å². The lowest BCUT2D eigenvalue weighted by atomic mass is 10.1. The highest BCUT2D eigenvalue weighted by Gasteiger charge is 2.15. The van der Waals surface area contributed by atoms with E-state index in [0.29, 0.717) is 5.69 Å². The molecule has 4 rings (SSSR count). The number of benzene rings is 3. The molecular formula is C23H18N4O5. The van der Waals surface area contributed by atoms with Gasteiger partial charge in [-0.2, -0.15) is 5.10 Å². The van der Waals surface area contributed by atoms with Crippen molar-refractivity contribution >= 4 is 28.1 Å². The third-order valence-corrected chi connectivity index (χ3v) is 4.87. The van der Waals surface area contributed by atoms with E-state index in [9.17, 15) is 19.7 Å². The summed E-state index contributed by atoms with van der Waals surface area (Å²) < 4.78 is 6.19. The summed E-state index contributed by atoms with van der Waals surface area (Å²) in [7, 11) is 1.38. The number of anilines is 1. The van der Waals surface area contributed by atoms with Gasteiger partial charge < -0.3 is 10.1 Å². The van der Waals surface area contributed by atoms with Gasteiger partial charge in [-0.3, -0.25) is 19.7 Å². The monoisotopic (exact) mass is 430 g/mol. The number of nitrogens with zero attached hydrogens (tertiary/aromatic N) is 3. The van der Waals surface area contributed by atoms with Crippen LogP contribution in [-0.2, 0) is 11.3 Å². The number of carbonyl (C=O) groups excluding carboxylic acids is 1. The molecule has 9 heteroatoms. The van der Waals surface area contributed by atoms with E-state index in [-0.39, 0.29) is 23.7 Å². The molecule has 0 fully saturated rings. The van der Waals surface area contributed by atoms with Crippen molar-refractivity contribution in [3.8, 4) is 17.0 Å². The number of nitro groups is 1. The van der Waals surface area contributed by atoms with Crippen LogP contribution in [0.1, 0.15) is 0 Å². The number of aromatic nitrogens is 2. The molecular weight excluding hydrogens is 412 g/mol. The Morgan fingerprint density at radius 2 is 1.84 bits per heavy atom. The molecule has 0 aliphatic rings. The molecule has 9 nitrogen and oxygen atoms in total. The van der Waals surface area contributed by atoms with Crippen LogP contribution in [-0.4, -0.2) is 27.7 Å². The fourth-order valence-corrected chi connectivity index (χ4v) is 3.30. The molecule has 1 N–H and O–H groups in total. The molecule has 32 heavy (non-hydrogen) atoms. The number of hydrogen-bond acceptors (Lipinski definition) is 6. The first-order valence-corrected chi connectivity index (χ1v) is 9.64. The fraction of sp³-hybridized carbons (Fsp3) is 0.0870. The summed E-state index contributed by atoms with van der Waals surface area (Å²) >= 11 is 0. The molecule has 0 saturated heterocycles. The second-order valence-corrected chi connectivity index (χ2v) is 6.97. The highest BCUT2D eigenvalue weighted by atomic mass is 16.6. The molecule has 0 saturated carbocycles. The smallest absolute Gasteiger partial charge is 0.271 e. The van der Waals surface area contributed by atoms with E-state index in [1.807, 2.05) is 42.5 Å². The zero-order chi connectivity index (χ0) is 22.7. The van der Waals surface area contributed by atoms with Crippen molar-refractivity contribution < 1.29 is 14.5 Å². The van der Waals surface area contributed by atoms with Crippen molar-refractivity contribution in [3.05, 3.63) is 93.3 Å². The molecule has 1 heterocycles. The maximum absolute atomic E-state index is 12.6. The van der Waals surface area contributed by atoms with E-state index in [0.717, 1.165) is 21.0 Å². The van der Waals surface area contributed by atoms with Gasteiger partial charge in [0.15, 0.2) is 0 Å². The van der Waals surface area contributed by atoms with Crippen molar-refractivity contribution in [3.63, 3.8) is 0 Å². The van der Waals surface area contributed by atoms with Gasteiger partial charge >= 0.3 is 0 Å². The van der Waals surface area contributed by atoms with Crippen LogP contribution in [0.2, 0.25) is 0 Å². The van der Waals surface area contributed by atoms with E-state index < -0.39 is 16.4 Å². The lowest BCUT2D eigenvalue weighted by molar-refractivity contribution is -0.384. The van der Waals surface area contributed by atoms with Crippen molar-refractivity contribution in [2.75, 3.05) is 12.4 Å². The molecule has 160 valence electrons. The topological polar surface area (TPSA) is 116 Å². The Kier molecular flexibility index (Phi) is 5.63. The fourth-order valence-electron chi connectivity index (χ4n) is 3.30. The second kappa shape index (κ2) is 8.68. The van der Waals surface area contributed by atoms with Crippen molar-refractivity contribution in [2.24, 2.45) is 0 Å². The number of methoxy groups -OCH3 is 1. The van der Waals surface area contributed by atoms with E-state index in [1.165, 1.54) is 31.4 Å². The standard InChI is InChI=1S/C23H18N4O5/c1-32-21-10-8-18(27(30)31)13-20(21)24-22(28)14-26-23(29)11-9-19(25-26)17-7-6-15-4-2-3-5-16(15)12-17/h2-13H,14H2,1H3,(H,24,28). The molecule has 0 spiro atoms. The van der Waals surface area contributed by atoms with Gasteiger partial charge in [-0.25, -0.2) is 4.68 Å². The summed E-state index contributed by atoms with van der Waals surface area (Å²) in [5.74, 6) is -0.316. The minimum atomic E-state index is -0.575. The summed E-state index contributed by atoms with van der Waals surface area (Å²) in [6.45, 7) is -0.369. The summed E-state index contributed by atoms with van der Waals surface area (Å²) in [5, 5.41) is 20.0. The Labute approximate surface area is 182 Å². The molecule has 0 aliphatic carbocycles. The average Bonchev–Trinajstić information content (AvgIpc) is 2.80. The van der Waals surface area contributed by atoms with Crippen LogP contribution in [0, 0.1) is 10.1 Å². The van der Waals surface area contributed by atoms with E-state index in [1.54, 1.807) is 6.07 Å². The number of hydrogen-bond donors (Lipinski definition) is 1. The summed E-state index contributed by atoms with van der Waals surface area (Å²) in [6.07, 6.45) is 0. The molecule has 3 aromatic carbocycles. The van der Waals surface area contributed by atoms with Crippen LogP contribution in [0.5, 0.6) is 5.75 Å². The summed E-state index contributed by atoms with van der Waals surface area (Å²) in [6, 6.07) is 20.5. The number of ether oxygens (including phenoxy) is 1. The number of fused-ring (bicyclic) bond motifs is 1. The Hall–Kier alpha value is -4.53. The maximum atomic E-state index is 12.6. The van der Waals surface area contributed by atoms with Crippen LogP contribution in [0.15, 0.2) is 77.6 Å². The second-order valence-electron chi connectivity index (χ2n) is 6.97. The molecule has 0 bridgehead atoms. The van der Waals surface area contributed by atoms with Crippen molar-refractivity contribution in [1.29, 1.82) is 0 Å². The van der Waals surface area contributed by atoms with Crippen LogP contribution in [0.25, 0.3) is 22.0 Å². The minimum absolute atomic E-state index is 0.130. The predicted octanol–water partition coefficient (Wildman–Crippen LogP) is 3.62. The first-order chi connectivity index (χ1) is 15.4.